The summed E-state index contributed by atoms with van der Waals surface area (Å²) >= 11 is 1.17. The molecule has 1 aromatic rings. The molecule has 0 amide bonds. The van der Waals surface area contributed by atoms with Crippen molar-refractivity contribution in [3.63, 3.8) is 0 Å². The molecule has 0 bridgehead atoms. The molecule has 0 aliphatic rings. The third kappa shape index (κ3) is 5.19. The van der Waals surface area contributed by atoms with Crippen molar-refractivity contribution in [2.75, 3.05) is 6.54 Å². The molecule has 0 radical (unpaired) electrons. The lowest BCUT2D eigenvalue weighted by molar-refractivity contribution is 0.517. The lowest BCUT2D eigenvalue weighted by Gasteiger charge is -2.15. The molecule has 1 heterocycles. The maximum absolute atomic E-state index is 12.0. The summed E-state index contributed by atoms with van der Waals surface area (Å²) in [5.41, 5.74) is 5.56. The van der Waals surface area contributed by atoms with Gasteiger partial charge in [-0.3, -0.25) is 0 Å². The number of hydrogen-bond acceptors (Lipinski definition) is 5. The van der Waals surface area contributed by atoms with Crippen LogP contribution in [0.5, 0.6) is 0 Å². The predicted octanol–water partition coefficient (Wildman–Crippen LogP) is 1.67. The van der Waals surface area contributed by atoms with Crippen LogP contribution in [-0.2, 0) is 10.0 Å². The van der Waals surface area contributed by atoms with E-state index in [0.717, 1.165) is 24.3 Å². The van der Waals surface area contributed by atoms with Gasteiger partial charge in [0.1, 0.15) is 0 Å². The Labute approximate surface area is 119 Å². The van der Waals surface area contributed by atoms with Gasteiger partial charge in [-0.25, -0.2) is 18.1 Å². The number of nitrogens with zero attached hydrogens (tertiary/aromatic N) is 1. The van der Waals surface area contributed by atoms with Crippen molar-refractivity contribution in [3.05, 3.63) is 11.2 Å². The molecule has 1 unspecified atom stereocenters. The Balaban J connectivity index is 0.00000289. The number of rotatable bonds is 7. The number of thiazole rings is 1. The molecule has 8 heteroatoms. The van der Waals surface area contributed by atoms with Gasteiger partial charge in [0.05, 0.1) is 11.2 Å². The van der Waals surface area contributed by atoms with Crippen molar-refractivity contribution in [2.24, 2.45) is 5.73 Å². The van der Waals surface area contributed by atoms with Crippen LogP contribution >= 0.6 is 23.7 Å². The average molecular weight is 314 g/mol. The van der Waals surface area contributed by atoms with Crippen LogP contribution in [0.2, 0.25) is 0 Å². The number of unbranched alkanes of at least 4 members (excludes halogenated alkanes) is 1. The molecule has 5 nitrogen and oxygen atoms in total. The largest absolute Gasteiger partial charge is 0.329 e. The predicted molar refractivity (Wildman–Crippen MR) is 76.8 cm³/mol. The highest BCUT2D eigenvalue weighted by atomic mass is 35.5. The summed E-state index contributed by atoms with van der Waals surface area (Å²) < 4.78 is 26.8. The molecule has 18 heavy (non-hydrogen) atoms. The quantitative estimate of drug-likeness (QED) is 0.802. The molecule has 0 saturated heterocycles. The first-order valence-corrected chi connectivity index (χ1v) is 7.94. The summed E-state index contributed by atoms with van der Waals surface area (Å²) in [4.78, 5) is 3.95. The van der Waals surface area contributed by atoms with Crippen LogP contribution in [0, 0.1) is 6.92 Å². The van der Waals surface area contributed by atoms with Crippen LogP contribution < -0.4 is 10.5 Å². The van der Waals surface area contributed by atoms with E-state index in [4.69, 9.17) is 5.73 Å². The molecule has 3 N–H and O–H groups in total. The van der Waals surface area contributed by atoms with Gasteiger partial charge in [-0.1, -0.05) is 19.8 Å². The van der Waals surface area contributed by atoms with Crippen LogP contribution in [-0.4, -0.2) is 26.0 Å². The second-order valence-electron chi connectivity index (χ2n) is 3.89. The summed E-state index contributed by atoms with van der Waals surface area (Å²) in [5, 5.41) is 0.739. The van der Waals surface area contributed by atoms with E-state index in [2.05, 4.69) is 16.6 Å². The Bertz CT molecular complexity index is 448. The van der Waals surface area contributed by atoms with E-state index in [1.807, 2.05) is 0 Å². The highest BCUT2D eigenvalue weighted by molar-refractivity contribution is 7.91. The van der Waals surface area contributed by atoms with Gasteiger partial charge in [0.25, 0.3) is 10.0 Å². The minimum Gasteiger partial charge on any atom is -0.329 e. The summed E-state index contributed by atoms with van der Waals surface area (Å²) in [6, 6.07) is -0.192. The molecule has 1 rings (SSSR count). The number of aryl methyl sites for hydroxylation is 1. The van der Waals surface area contributed by atoms with Gasteiger partial charge < -0.3 is 5.73 Å². The fraction of sp³-hybridized carbons (Fsp3) is 0.700. The first kappa shape index (κ1) is 17.8. The third-order valence-corrected chi connectivity index (χ3v) is 5.27. The van der Waals surface area contributed by atoms with E-state index in [9.17, 15) is 8.42 Å². The van der Waals surface area contributed by atoms with Crippen LogP contribution in [0.25, 0.3) is 0 Å². The lowest BCUT2D eigenvalue weighted by Crippen LogP contribution is -2.39. The fourth-order valence-electron chi connectivity index (χ4n) is 1.42. The average Bonchev–Trinajstić information content (AvgIpc) is 2.71. The van der Waals surface area contributed by atoms with Crippen LogP contribution in [0.4, 0.5) is 0 Å². The Kier molecular flexibility index (Phi) is 7.97. The third-order valence-electron chi connectivity index (χ3n) is 2.38. The number of nitrogens with two attached hydrogens (primary N) is 1. The molecule has 0 aliphatic carbocycles. The summed E-state index contributed by atoms with van der Waals surface area (Å²) in [6.45, 7) is 4.16. The molecule has 0 fully saturated rings. The van der Waals surface area contributed by atoms with Gasteiger partial charge in [-0.05, 0) is 13.3 Å². The monoisotopic (exact) mass is 313 g/mol. The summed E-state index contributed by atoms with van der Waals surface area (Å²) in [5.74, 6) is 0. The van der Waals surface area contributed by atoms with E-state index in [-0.39, 0.29) is 22.7 Å². The Hall–Kier alpha value is -0.210. The topological polar surface area (TPSA) is 85.1 Å². The van der Waals surface area contributed by atoms with E-state index < -0.39 is 10.0 Å². The van der Waals surface area contributed by atoms with Crippen LogP contribution in [0.3, 0.4) is 0 Å². The lowest BCUT2D eigenvalue weighted by atomic mass is 10.1. The number of hydrogen-bond donors (Lipinski definition) is 2. The van der Waals surface area contributed by atoms with Gasteiger partial charge in [-0.2, -0.15) is 0 Å². The number of halogens is 1. The Morgan fingerprint density at radius 2 is 2.22 bits per heavy atom. The van der Waals surface area contributed by atoms with Crippen LogP contribution in [0.15, 0.2) is 10.4 Å². The maximum atomic E-state index is 12.0. The zero-order valence-electron chi connectivity index (χ0n) is 10.5. The van der Waals surface area contributed by atoms with Gasteiger partial charge in [0.15, 0.2) is 4.21 Å². The molecule has 0 spiro atoms. The van der Waals surface area contributed by atoms with Crippen LogP contribution in [0.1, 0.15) is 31.2 Å². The SMILES string of the molecule is CCCCC(CN)NS(=O)(=O)c1cnc(C)s1.Cl. The minimum absolute atomic E-state index is 0. The first-order chi connectivity index (χ1) is 7.99. The second kappa shape index (κ2) is 8.06. The number of sulfonamides is 1. The number of aromatic nitrogens is 1. The molecule has 1 atom stereocenters. The van der Waals surface area contributed by atoms with E-state index in [1.54, 1.807) is 6.92 Å². The number of nitrogens with one attached hydrogen (secondary N) is 1. The zero-order valence-corrected chi connectivity index (χ0v) is 13.0. The van der Waals surface area contributed by atoms with Crippen molar-refractivity contribution < 1.29 is 8.42 Å². The van der Waals surface area contributed by atoms with Gasteiger partial charge in [-0.15, -0.1) is 23.7 Å². The molecule has 0 aliphatic heterocycles. The molecule has 0 aromatic carbocycles. The highest BCUT2D eigenvalue weighted by Crippen LogP contribution is 2.18. The molecule has 1 aromatic heterocycles. The molecular weight excluding hydrogens is 294 g/mol. The zero-order chi connectivity index (χ0) is 12.9. The van der Waals surface area contributed by atoms with E-state index >= 15 is 0 Å². The molecular formula is C10H20ClN3O2S2. The van der Waals surface area contributed by atoms with Crippen molar-refractivity contribution in [1.29, 1.82) is 0 Å². The van der Waals surface area contributed by atoms with Gasteiger partial charge in [0, 0.05) is 12.6 Å². The maximum Gasteiger partial charge on any atom is 0.251 e. The van der Waals surface area contributed by atoms with Gasteiger partial charge >= 0.3 is 0 Å². The Morgan fingerprint density at radius 1 is 1.56 bits per heavy atom. The first-order valence-electron chi connectivity index (χ1n) is 5.64. The van der Waals surface area contributed by atoms with Crippen molar-refractivity contribution in [3.8, 4) is 0 Å². The van der Waals surface area contributed by atoms with Crippen molar-refractivity contribution in [1.82, 2.24) is 9.71 Å². The Morgan fingerprint density at radius 3 is 2.67 bits per heavy atom. The highest BCUT2D eigenvalue weighted by Gasteiger charge is 2.20. The van der Waals surface area contributed by atoms with Crippen molar-refractivity contribution in [2.45, 2.75) is 43.4 Å². The second-order valence-corrected chi connectivity index (χ2v) is 7.07. The summed E-state index contributed by atoms with van der Waals surface area (Å²) in [7, 11) is -3.46. The molecule has 0 saturated carbocycles. The van der Waals surface area contributed by atoms with E-state index in [1.165, 1.54) is 17.5 Å². The summed E-state index contributed by atoms with van der Waals surface area (Å²) in [6.07, 6.45) is 4.14. The standard InChI is InChI=1S/C10H19N3O2S2.ClH/c1-3-4-5-9(6-11)13-17(14,15)10-7-12-8(2)16-10;/h7,9,13H,3-6,11H2,1-2H3;1H. The minimum atomic E-state index is -3.46. The van der Waals surface area contributed by atoms with Gasteiger partial charge in [0.2, 0.25) is 0 Å². The van der Waals surface area contributed by atoms with E-state index in [0.29, 0.717) is 6.54 Å². The normalized spacial score (nSPS) is 13.1. The smallest absolute Gasteiger partial charge is 0.251 e. The molecule has 106 valence electrons. The van der Waals surface area contributed by atoms with Crippen molar-refractivity contribution >= 4 is 33.8 Å². The fourth-order valence-corrected chi connectivity index (χ4v) is 3.83.